The number of carbonyl (C=O) groups excluding carboxylic acids is 2. The van der Waals surface area contributed by atoms with Crippen LogP contribution in [0.25, 0.3) is 10.1 Å². The fourth-order valence-corrected chi connectivity index (χ4v) is 6.93. The number of amides is 1. The van der Waals surface area contributed by atoms with Gasteiger partial charge in [-0.1, -0.05) is 18.2 Å². The number of esters is 1. The summed E-state index contributed by atoms with van der Waals surface area (Å²) in [6.45, 7) is 1.68. The van der Waals surface area contributed by atoms with Crippen molar-refractivity contribution in [1.29, 1.82) is 0 Å². The zero-order valence-electron chi connectivity index (χ0n) is 15.6. The minimum atomic E-state index is -0.768. The van der Waals surface area contributed by atoms with Gasteiger partial charge in [0, 0.05) is 10.2 Å². The van der Waals surface area contributed by atoms with E-state index in [2.05, 4.69) is 5.32 Å². The van der Waals surface area contributed by atoms with Crippen molar-refractivity contribution in [2.24, 2.45) is 17.8 Å². The lowest BCUT2D eigenvalue weighted by molar-refractivity contribution is -0.134. The summed E-state index contributed by atoms with van der Waals surface area (Å²) in [5.41, 5.74) is -0.0515. The van der Waals surface area contributed by atoms with E-state index in [1.54, 1.807) is 6.92 Å². The second kappa shape index (κ2) is 6.33. The molecule has 0 aliphatic heterocycles. The predicted octanol–water partition coefficient (Wildman–Crippen LogP) is 4.53. The van der Waals surface area contributed by atoms with Crippen LogP contribution in [0.3, 0.4) is 0 Å². The summed E-state index contributed by atoms with van der Waals surface area (Å²) >= 11 is 1.41. The first-order valence-corrected chi connectivity index (χ1v) is 10.8. The van der Waals surface area contributed by atoms with E-state index in [0.29, 0.717) is 4.88 Å². The van der Waals surface area contributed by atoms with Crippen LogP contribution in [0.1, 0.15) is 55.1 Å². The van der Waals surface area contributed by atoms with Crippen LogP contribution in [0.2, 0.25) is 0 Å². The fraction of sp³-hybridized carbons (Fsp3) is 0.545. The first-order chi connectivity index (χ1) is 13.0. The Morgan fingerprint density at radius 1 is 1.11 bits per heavy atom. The Labute approximate surface area is 163 Å². The molecule has 6 rings (SSSR count). The molecule has 142 valence electrons. The lowest BCUT2D eigenvalue weighted by atomic mass is 9.53. The molecule has 2 aromatic rings. The molecule has 1 aromatic heterocycles. The Bertz CT molecular complexity index is 834. The fourth-order valence-electron chi connectivity index (χ4n) is 5.98. The van der Waals surface area contributed by atoms with Crippen LogP contribution >= 0.6 is 11.3 Å². The summed E-state index contributed by atoms with van der Waals surface area (Å²) < 4.78 is 6.55. The Balaban J connectivity index is 1.25. The van der Waals surface area contributed by atoms with E-state index in [4.69, 9.17) is 4.74 Å². The van der Waals surface area contributed by atoms with Gasteiger partial charge in [0.05, 0.1) is 0 Å². The maximum atomic E-state index is 12.8. The SMILES string of the molecule is C[C@@H](OC(=O)c1cc2ccccc2s1)C(=O)NC12CC3CC(CC(C3)C1)C2. The van der Waals surface area contributed by atoms with Gasteiger partial charge in [-0.2, -0.15) is 0 Å². The quantitative estimate of drug-likeness (QED) is 0.789. The largest absolute Gasteiger partial charge is 0.448 e. The molecule has 0 unspecified atom stereocenters. The minimum absolute atomic E-state index is 0.0515. The number of thiophene rings is 1. The van der Waals surface area contributed by atoms with E-state index < -0.39 is 12.1 Å². The lowest BCUT2D eigenvalue weighted by Crippen LogP contribution is -2.61. The highest BCUT2D eigenvalue weighted by molar-refractivity contribution is 7.20. The predicted molar refractivity (Wildman–Crippen MR) is 106 cm³/mol. The standard InChI is InChI=1S/C22H25NO3S/c1-13(26-21(25)19-9-17-4-2-3-5-18(17)27-19)20(24)23-22-10-14-6-15(11-22)8-16(7-14)12-22/h2-5,9,13-16H,6-8,10-12H2,1H3,(H,23,24)/t13-,14?,15?,16?,22?/m1/s1. The van der Waals surface area contributed by atoms with E-state index >= 15 is 0 Å². The lowest BCUT2D eigenvalue weighted by Gasteiger charge is -2.57. The molecule has 1 N–H and O–H groups in total. The van der Waals surface area contributed by atoms with Crippen molar-refractivity contribution in [2.45, 2.75) is 57.1 Å². The molecule has 0 spiro atoms. The summed E-state index contributed by atoms with van der Waals surface area (Å²) in [6, 6.07) is 9.71. The molecule has 4 saturated carbocycles. The van der Waals surface area contributed by atoms with Crippen LogP contribution < -0.4 is 5.32 Å². The van der Waals surface area contributed by atoms with Crippen molar-refractivity contribution in [2.75, 3.05) is 0 Å². The molecule has 4 bridgehead atoms. The molecular weight excluding hydrogens is 358 g/mol. The van der Waals surface area contributed by atoms with Crippen molar-refractivity contribution in [3.63, 3.8) is 0 Å². The van der Waals surface area contributed by atoms with Gasteiger partial charge in [-0.05, 0) is 80.7 Å². The number of rotatable bonds is 4. The number of benzene rings is 1. The van der Waals surface area contributed by atoms with Crippen LogP contribution in [0, 0.1) is 17.8 Å². The smallest absolute Gasteiger partial charge is 0.349 e. The summed E-state index contributed by atoms with van der Waals surface area (Å²) in [6.07, 6.45) is 6.55. The maximum Gasteiger partial charge on any atom is 0.349 e. The van der Waals surface area contributed by atoms with E-state index in [-0.39, 0.29) is 11.4 Å². The van der Waals surface area contributed by atoms with Crippen LogP contribution in [0.5, 0.6) is 0 Å². The van der Waals surface area contributed by atoms with Gasteiger partial charge in [-0.3, -0.25) is 4.79 Å². The highest BCUT2D eigenvalue weighted by Gasteiger charge is 2.51. The second-order valence-corrected chi connectivity index (χ2v) is 9.97. The van der Waals surface area contributed by atoms with Crippen LogP contribution in [0.15, 0.2) is 30.3 Å². The summed E-state index contributed by atoms with van der Waals surface area (Å²) in [5.74, 6) is 1.75. The summed E-state index contributed by atoms with van der Waals surface area (Å²) in [7, 11) is 0. The molecule has 4 nitrogen and oxygen atoms in total. The molecule has 1 aromatic carbocycles. The van der Waals surface area contributed by atoms with Crippen molar-refractivity contribution in [1.82, 2.24) is 5.32 Å². The maximum absolute atomic E-state index is 12.8. The molecule has 1 atom stereocenters. The van der Waals surface area contributed by atoms with E-state index in [1.165, 1.54) is 30.6 Å². The normalized spacial score (nSPS) is 32.4. The van der Waals surface area contributed by atoms with E-state index in [9.17, 15) is 9.59 Å². The summed E-state index contributed by atoms with van der Waals surface area (Å²) in [5, 5.41) is 4.32. The molecule has 4 aliphatic rings. The van der Waals surface area contributed by atoms with Gasteiger partial charge in [-0.25, -0.2) is 4.79 Å². The third kappa shape index (κ3) is 3.16. The van der Waals surface area contributed by atoms with Gasteiger partial charge < -0.3 is 10.1 Å². The number of carbonyl (C=O) groups is 2. The molecule has 5 heteroatoms. The first kappa shape index (κ1) is 17.2. The average Bonchev–Trinajstić information content (AvgIpc) is 3.04. The molecular formula is C22H25NO3S. The zero-order chi connectivity index (χ0) is 18.6. The highest BCUT2D eigenvalue weighted by Crippen LogP contribution is 2.55. The van der Waals surface area contributed by atoms with Gasteiger partial charge in [-0.15, -0.1) is 11.3 Å². The third-order valence-corrected chi connectivity index (χ3v) is 7.80. The van der Waals surface area contributed by atoms with Crippen molar-refractivity contribution < 1.29 is 14.3 Å². The molecule has 1 amide bonds. The third-order valence-electron chi connectivity index (χ3n) is 6.71. The molecule has 27 heavy (non-hydrogen) atoms. The molecule has 0 radical (unpaired) electrons. The first-order valence-electron chi connectivity index (χ1n) is 10.0. The molecule has 4 fully saturated rings. The summed E-state index contributed by atoms with van der Waals surface area (Å²) in [4.78, 5) is 25.8. The topological polar surface area (TPSA) is 55.4 Å². The molecule has 0 saturated heterocycles. The van der Waals surface area contributed by atoms with E-state index in [1.807, 2.05) is 30.3 Å². The Morgan fingerprint density at radius 3 is 2.37 bits per heavy atom. The Morgan fingerprint density at radius 2 is 1.74 bits per heavy atom. The highest BCUT2D eigenvalue weighted by atomic mass is 32.1. The van der Waals surface area contributed by atoms with Crippen LogP contribution in [0.4, 0.5) is 0 Å². The molecule has 4 aliphatic carbocycles. The van der Waals surface area contributed by atoms with E-state index in [0.717, 1.165) is 47.1 Å². The number of ether oxygens (including phenoxy) is 1. The number of hydrogen-bond donors (Lipinski definition) is 1. The van der Waals surface area contributed by atoms with Crippen LogP contribution in [-0.2, 0) is 9.53 Å². The van der Waals surface area contributed by atoms with Crippen LogP contribution in [-0.4, -0.2) is 23.5 Å². The Kier molecular flexibility index (Phi) is 4.04. The number of hydrogen-bond acceptors (Lipinski definition) is 4. The van der Waals surface area contributed by atoms with Crippen molar-refractivity contribution in [3.8, 4) is 0 Å². The average molecular weight is 384 g/mol. The van der Waals surface area contributed by atoms with Gasteiger partial charge in [0.2, 0.25) is 0 Å². The zero-order valence-corrected chi connectivity index (χ0v) is 16.4. The van der Waals surface area contributed by atoms with Gasteiger partial charge in [0.15, 0.2) is 6.10 Å². The number of fused-ring (bicyclic) bond motifs is 1. The Hall–Kier alpha value is -1.88. The monoisotopic (exact) mass is 383 g/mol. The number of nitrogens with one attached hydrogen (secondary N) is 1. The van der Waals surface area contributed by atoms with Gasteiger partial charge in [0.25, 0.3) is 5.91 Å². The van der Waals surface area contributed by atoms with Gasteiger partial charge in [0.1, 0.15) is 4.88 Å². The van der Waals surface area contributed by atoms with Crippen molar-refractivity contribution in [3.05, 3.63) is 35.2 Å². The van der Waals surface area contributed by atoms with Gasteiger partial charge >= 0.3 is 5.97 Å². The minimum Gasteiger partial charge on any atom is -0.448 e. The second-order valence-electron chi connectivity index (χ2n) is 8.88. The van der Waals surface area contributed by atoms with Crippen molar-refractivity contribution >= 4 is 33.3 Å². The molecule has 1 heterocycles.